The van der Waals surface area contributed by atoms with Gasteiger partial charge in [-0.3, -0.25) is 0 Å². The van der Waals surface area contributed by atoms with Gasteiger partial charge in [0.25, 0.3) is 0 Å². The topological polar surface area (TPSA) is 15.6 Å². The number of hydrazone groups is 1. The van der Waals surface area contributed by atoms with Gasteiger partial charge in [-0.1, -0.05) is 49.0 Å². The summed E-state index contributed by atoms with van der Waals surface area (Å²) < 4.78 is 0. The van der Waals surface area contributed by atoms with Crippen molar-refractivity contribution in [2.24, 2.45) is 5.10 Å². The monoisotopic (exact) mass is 234 g/mol. The van der Waals surface area contributed by atoms with Crippen LogP contribution in [-0.2, 0) is 0 Å². The molecule has 1 aliphatic rings. The molecule has 3 rings (SSSR count). The number of anilines is 1. The fraction of sp³-hybridized carbons (Fsp3) is 0.0625. The standard InChI is InChI=1S/C16H14N2/c1-12-15-10-6-7-11-16(15)13(2)18(17-12)14-8-4-3-5-9-14/h3-11H,2H2,1H3. The van der Waals surface area contributed by atoms with Crippen LogP contribution < -0.4 is 5.01 Å². The lowest BCUT2D eigenvalue weighted by molar-refractivity contribution is 1.07. The number of nitrogens with zero attached hydrogens (tertiary/aromatic N) is 2. The minimum Gasteiger partial charge on any atom is -0.233 e. The molecule has 2 heteroatoms. The van der Waals surface area contributed by atoms with E-state index in [4.69, 9.17) is 0 Å². The molecule has 0 saturated heterocycles. The Morgan fingerprint density at radius 1 is 0.889 bits per heavy atom. The van der Waals surface area contributed by atoms with Crippen LogP contribution in [0.15, 0.2) is 66.3 Å². The SMILES string of the molecule is C=C1c2ccccc2C(C)=NN1c1ccccc1. The molecular formula is C16H14N2. The first kappa shape index (κ1) is 10.8. The highest BCUT2D eigenvalue weighted by Crippen LogP contribution is 2.31. The lowest BCUT2D eigenvalue weighted by Crippen LogP contribution is -2.22. The van der Waals surface area contributed by atoms with Gasteiger partial charge in [-0.2, -0.15) is 5.10 Å². The molecule has 1 heterocycles. The first-order valence-corrected chi connectivity index (χ1v) is 5.96. The molecule has 0 unspecified atom stereocenters. The van der Waals surface area contributed by atoms with Gasteiger partial charge in [0.15, 0.2) is 0 Å². The van der Waals surface area contributed by atoms with E-state index in [1.807, 2.05) is 54.4 Å². The zero-order chi connectivity index (χ0) is 12.5. The van der Waals surface area contributed by atoms with Crippen molar-refractivity contribution >= 4 is 17.1 Å². The van der Waals surface area contributed by atoms with E-state index in [9.17, 15) is 0 Å². The molecule has 0 bridgehead atoms. The van der Waals surface area contributed by atoms with E-state index in [0.29, 0.717) is 0 Å². The maximum Gasteiger partial charge on any atom is 0.0662 e. The van der Waals surface area contributed by atoms with Crippen LogP contribution in [0.5, 0.6) is 0 Å². The average Bonchev–Trinajstić information content (AvgIpc) is 2.44. The summed E-state index contributed by atoms with van der Waals surface area (Å²) in [5.41, 5.74) is 5.28. The Bertz CT molecular complexity index is 627. The summed E-state index contributed by atoms with van der Waals surface area (Å²) in [6.07, 6.45) is 0. The van der Waals surface area contributed by atoms with Crippen LogP contribution in [0.25, 0.3) is 5.70 Å². The van der Waals surface area contributed by atoms with Gasteiger partial charge in [-0.25, -0.2) is 5.01 Å². The maximum atomic E-state index is 4.63. The summed E-state index contributed by atoms with van der Waals surface area (Å²) in [5, 5.41) is 6.53. The molecule has 0 aromatic heterocycles. The number of benzene rings is 2. The third-order valence-corrected chi connectivity index (χ3v) is 3.13. The molecule has 18 heavy (non-hydrogen) atoms. The fourth-order valence-electron chi connectivity index (χ4n) is 2.21. The van der Waals surface area contributed by atoms with Crippen molar-refractivity contribution < 1.29 is 0 Å². The lowest BCUT2D eigenvalue weighted by atomic mass is 10.00. The molecule has 0 amide bonds. The summed E-state index contributed by atoms with van der Waals surface area (Å²) in [4.78, 5) is 0. The van der Waals surface area contributed by atoms with E-state index in [2.05, 4.69) is 23.8 Å². The van der Waals surface area contributed by atoms with Gasteiger partial charge in [-0.15, -0.1) is 0 Å². The van der Waals surface area contributed by atoms with Crippen LogP contribution in [0.4, 0.5) is 5.69 Å². The van der Waals surface area contributed by atoms with E-state index in [1.165, 1.54) is 0 Å². The molecule has 0 N–H and O–H groups in total. The van der Waals surface area contributed by atoms with Gasteiger partial charge >= 0.3 is 0 Å². The van der Waals surface area contributed by atoms with E-state index in [1.54, 1.807) is 0 Å². The molecule has 0 aliphatic carbocycles. The third kappa shape index (κ3) is 1.63. The Kier molecular flexibility index (Phi) is 2.49. The van der Waals surface area contributed by atoms with Gasteiger partial charge < -0.3 is 0 Å². The molecule has 1 aliphatic heterocycles. The second-order valence-corrected chi connectivity index (χ2v) is 4.33. The highest BCUT2D eigenvalue weighted by molar-refractivity contribution is 6.07. The van der Waals surface area contributed by atoms with E-state index >= 15 is 0 Å². The van der Waals surface area contributed by atoms with Crippen LogP contribution >= 0.6 is 0 Å². The molecule has 0 radical (unpaired) electrons. The van der Waals surface area contributed by atoms with E-state index in [0.717, 1.165) is 28.2 Å². The minimum atomic E-state index is 0.919. The van der Waals surface area contributed by atoms with Gasteiger partial charge in [0, 0.05) is 11.1 Å². The Balaban J connectivity index is 2.13. The molecule has 0 atom stereocenters. The van der Waals surface area contributed by atoms with Gasteiger partial charge in [-0.05, 0) is 19.1 Å². The Labute approximate surface area is 107 Å². The number of para-hydroxylation sites is 1. The summed E-state index contributed by atoms with van der Waals surface area (Å²) in [7, 11) is 0. The maximum absolute atomic E-state index is 4.63. The zero-order valence-corrected chi connectivity index (χ0v) is 10.3. The first-order valence-electron chi connectivity index (χ1n) is 5.96. The molecule has 88 valence electrons. The Hall–Kier alpha value is -2.35. The quantitative estimate of drug-likeness (QED) is 0.730. The van der Waals surface area contributed by atoms with Crippen LogP contribution in [0.2, 0.25) is 0 Å². The molecule has 2 nitrogen and oxygen atoms in total. The summed E-state index contributed by atoms with van der Waals surface area (Å²) in [5.74, 6) is 0. The molecule has 2 aromatic carbocycles. The second-order valence-electron chi connectivity index (χ2n) is 4.33. The highest BCUT2D eigenvalue weighted by Gasteiger charge is 2.20. The van der Waals surface area contributed by atoms with Gasteiger partial charge in [0.2, 0.25) is 0 Å². The summed E-state index contributed by atoms with van der Waals surface area (Å²) >= 11 is 0. The zero-order valence-electron chi connectivity index (χ0n) is 10.3. The fourth-order valence-corrected chi connectivity index (χ4v) is 2.21. The number of rotatable bonds is 1. The summed E-state index contributed by atoms with van der Waals surface area (Å²) in [6.45, 7) is 6.20. The minimum absolute atomic E-state index is 0.919. The Morgan fingerprint density at radius 3 is 2.22 bits per heavy atom. The smallest absolute Gasteiger partial charge is 0.0662 e. The average molecular weight is 234 g/mol. The van der Waals surface area contributed by atoms with Crippen molar-refractivity contribution in [2.45, 2.75) is 6.92 Å². The second kappa shape index (κ2) is 4.15. The van der Waals surface area contributed by atoms with E-state index < -0.39 is 0 Å². The summed E-state index contributed by atoms with van der Waals surface area (Å²) in [6, 6.07) is 18.3. The van der Waals surface area contributed by atoms with Crippen molar-refractivity contribution in [3.8, 4) is 0 Å². The first-order chi connectivity index (χ1) is 8.77. The number of fused-ring (bicyclic) bond motifs is 1. The van der Waals surface area contributed by atoms with Gasteiger partial charge in [0.1, 0.15) is 0 Å². The van der Waals surface area contributed by atoms with Crippen LogP contribution in [-0.4, -0.2) is 5.71 Å². The highest BCUT2D eigenvalue weighted by atomic mass is 15.5. The van der Waals surface area contributed by atoms with Crippen molar-refractivity contribution in [1.29, 1.82) is 0 Å². The van der Waals surface area contributed by atoms with Gasteiger partial charge in [0.05, 0.1) is 17.1 Å². The third-order valence-electron chi connectivity index (χ3n) is 3.13. The van der Waals surface area contributed by atoms with Crippen molar-refractivity contribution in [2.75, 3.05) is 5.01 Å². The lowest BCUT2D eigenvalue weighted by Gasteiger charge is -2.28. The van der Waals surface area contributed by atoms with E-state index in [-0.39, 0.29) is 0 Å². The van der Waals surface area contributed by atoms with Crippen LogP contribution in [0, 0.1) is 0 Å². The van der Waals surface area contributed by atoms with Crippen LogP contribution in [0.3, 0.4) is 0 Å². The Morgan fingerprint density at radius 2 is 1.50 bits per heavy atom. The number of hydrogen-bond donors (Lipinski definition) is 0. The molecule has 2 aromatic rings. The van der Waals surface area contributed by atoms with Crippen LogP contribution in [0.1, 0.15) is 18.1 Å². The van der Waals surface area contributed by atoms with Crippen molar-refractivity contribution in [3.05, 3.63) is 72.3 Å². The van der Waals surface area contributed by atoms with Crippen molar-refractivity contribution in [1.82, 2.24) is 0 Å². The normalized spacial score (nSPS) is 14.2. The predicted molar refractivity (Wildman–Crippen MR) is 76.6 cm³/mol. The molecular weight excluding hydrogens is 220 g/mol. The van der Waals surface area contributed by atoms with Crippen molar-refractivity contribution in [3.63, 3.8) is 0 Å². The largest absolute Gasteiger partial charge is 0.233 e. The molecule has 0 saturated carbocycles. The predicted octanol–water partition coefficient (Wildman–Crippen LogP) is 3.90. The molecule has 0 fully saturated rings. The number of hydrogen-bond acceptors (Lipinski definition) is 2. The molecule has 0 spiro atoms.